The van der Waals surface area contributed by atoms with Crippen molar-refractivity contribution in [2.45, 2.75) is 58.4 Å². The third-order valence-electron chi connectivity index (χ3n) is 3.61. The third kappa shape index (κ3) is 6.20. The zero-order chi connectivity index (χ0) is 14.8. The Hall–Kier alpha value is -1.35. The van der Waals surface area contributed by atoms with Crippen molar-refractivity contribution in [3.05, 3.63) is 29.8 Å². The van der Waals surface area contributed by atoms with Crippen LogP contribution in [0.2, 0.25) is 0 Å². The van der Waals surface area contributed by atoms with Crippen LogP contribution in [0.3, 0.4) is 0 Å². The normalized spacial score (nSPS) is 12.2. The van der Waals surface area contributed by atoms with Crippen LogP contribution >= 0.6 is 0 Å². The summed E-state index contributed by atoms with van der Waals surface area (Å²) < 4.78 is 0. The Kier molecular flexibility index (Phi) is 7.97. The predicted molar refractivity (Wildman–Crippen MR) is 85.9 cm³/mol. The number of hydrogen-bond donors (Lipinski definition) is 2. The highest BCUT2D eigenvalue weighted by Crippen LogP contribution is 2.17. The van der Waals surface area contributed by atoms with Gasteiger partial charge in [0, 0.05) is 18.2 Å². The minimum Gasteiger partial charge on any atom is -0.326 e. The number of rotatable bonds is 9. The van der Waals surface area contributed by atoms with Gasteiger partial charge in [-0.15, -0.1) is 0 Å². The molecule has 0 heterocycles. The molecule has 0 bridgehead atoms. The molecule has 3 heteroatoms. The topological polar surface area (TPSA) is 41.1 Å². The molecule has 0 fully saturated rings. The van der Waals surface area contributed by atoms with Gasteiger partial charge in [0.2, 0.25) is 5.91 Å². The maximum Gasteiger partial charge on any atom is 0.224 e. The zero-order valence-corrected chi connectivity index (χ0v) is 13.0. The molecule has 0 saturated carbocycles. The van der Waals surface area contributed by atoms with E-state index < -0.39 is 0 Å². The van der Waals surface area contributed by atoms with Gasteiger partial charge in [0.15, 0.2) is 0 Å². The summed E-state index contributed by atoms with van der Waals surface area (Å²) in [5.74, 6) is 0.121. The molecule has 1 amide bonds. The van der Waals surface area contributed by atoms with Crippen molar-refractivity contribution in [3.63, 3.8) is 0 Å². The molecule has 1 atom stereocenters. The monoisotopic (exact) mass is 276 g/mol. The zero-order valence-electron chi connectivity index (χ0n) is 13.0. The first-order valence-electron chi connectivity index (χ1n) is 7.74. The minimum absolute atomic E-state index is 0.121. The van der Waals surface area contributed by atoms with Crippen LogP contribution in [0.25, 0.3) is 0 Å². The number of unbranched alkanes of at least 4 members (excludes halogenated alkanes) is 4. The molecular weight excluding hydrogens is 248 g/mol. The van der Waals surface area contributed by atoms with Crippen LogP contribution in [0.4, 0.5) is 5.69 Å². The Morgan fingerprint density at radius 2 is 1.95 bits per heavy atom. The number of carbonyl (C=O) groups excluding carboxylic acids is 1. The molecule has 0 aliphatic rings. The van der Waals surface area contributed by atoms with Crippen molar-refractivity contribution < 1.29 is 4.79 Å². The van der Waals surface area contributed by atoms with Crippen LogP contribution < -0.4 is 10.6 Å². The van der Waals surface area contributed by atoms with Crippen LogP contribution in [0.5, 0.6) is 0 Å². The average molecular weight is 276 g/mol. The van der Waals surface area contributed by atoms with E-state index in [-0.39, 0.29) is 5.91 Å². The molecule has 0 spiro atoms. The molecule has 0 aliphatic heterocycles. The van der Waals surface area contributed by atoms with E-state index in [4.69, 9.17) is 0 Å². The number of anilines is 1. The SMILES string of the molecule is CCCCCCCC(=O)Nc1cccc(C(C)NC)c1. The number of nitrogens with one attached hydrogen (secondary N) is 2. The van der Waals surface area contributed by atoms with E-state index in [0.717, 1.165) is 18.5 Å². The van der Waals surface area contributed by atoms with Gasteiger partial charge in [0.1, 0.15) is 0 Å². The van der Waals surface area contributed by atoms with Crippen LogP contribution in [0, 0.1) is 0 Å². The van der Waals surface area contributed by atoms with E-state index in [0.29, 0.717) is 12.5 Å². The molecule has 1 unspecified atom stereocenters. The summed E-state index contributed by atoms with van der Waals surface area (Å²) in [6.45, 7) is 4.31. The summed E-state index contributed by atoms with van der Waals surface area (Å²) in [6, 6.07) is 8.33. The van der Waals surface area contributed by atoms with Gasteiger partial charge >= 0.3 is 0 Å². The molecule has 1 aromatic carbocycles. The van der Waals surface area contributed by atoms with Gasteiger partial charge in [-0.3, -0.25) is 4.79 Å². The Balaban J connectivity index is 2.38. The van der Waals surface area contributed by atoms with Crippen LogP contribution in [-0.4, -0.2) is 13.0 Å². The molecule has 20 heavy (non-hydrogen) atoms. The van der Waals surface area contributed by atoms with Crippen LogP contribution in [-0.2, 0) is 4.79 Å². The Morgan fingerprint density at radius 1 is 1.20 bits per heavy atom. The second kappa shape index (κ2) is 9.54. The van der Waals surface area contributed by atoms with E-state index in [2.05, 4.69) is 30.5 Å². The Bertz CT molecular complexity index is 404. The summed E-state index contributed by atoms with van der Waals surface area (Å²) in [5.41, 5.74) is 2.08. The van der Waals surface area contributed by atoms with Gasteiger partial charge < -0.3 is 10.6 Å². The van der Waals surface area contributed by atoms with E-state index >= 15 is 0 Å². The fraction of sp³-hybridized carbons (Fsp3) is 0.588. The second-order valence-electron chi connectivity index (χ2n) is 5.35. The van der Waals surface area contributed by atoms with Gasteiger partial charge in [-0.25, -0.2) is 0 Å². The van der Waals surface area contributed by atoms with Crippen molar-refractivity contribution in [1.29, 1.82) is 0 Å². The lowest BCUT2D eigenvalue weighted by Gasteiger charge is -2.12. The lowest BCUT2D eigenvalue weighted by molar-refractivity contribution is -0.116. The summed E-state index contributed by atoms with van der Waals surface area (Å²) >= 11 is 0. The minimum atomic E-state index is 0.121. The van der Waals surface area contributed by atoms with Gasteiger partial charge in [-0.1, -0.05) is 44.7 Å². The number of benzene rings is 1. The second-order valence-corrected chi connectivity index (χ2v) is 5.35. The molecule has 0 aromatic heterocycles. The maximum atomic E-state index is 11.9. The Labute approximate surface area is 123 Å². The highest BCUT2D eigenvalue weighted by atomic mass is 16.1. The van der Waals surface area contributed by atoms with Crippen molar-refractivity contribution in [3.8, 4) is 0 Å². The molecule has 2 N–H and O–H groups in total. The molecule has 0 saturated heterocycles. The first-order valence-corrected chi connectivity index (χ1v) is 7.74. The molecule has 0 aliphatic carbocycles. The molecule has 0 radical (unpaired) electrons. The molecular formula is C17H28N2O. The van der Waals surface area contributed by atoms with E-state index in [1.807, 2.05) is 25.2 Å². The molecule has 1 aromatic rings. The fourth-order valence-corrected chi connectivity index (χ4v) is 2.17. The van der Waals surface area contributed by atoms with Crippen molar-refractivity contribution in [2.75, 3.05) is 12.4 Å². The lowest BCUT2D eigenvalue weighted by atomic mass is 10.1. The van der Waals surface area contributed by atoms with Crippen molar-refractivity contribution >= 4 is 11.6 Å². The van der Waals surface area contributed by atoms with Crippen molar-refractivity contribution in [2.24, 2.45) is 0 Å². The van der Waals surface area contributed by atoms with Gasteiger partial charge in [-0.2, -0.15) is 0 Å². The summed E-state index contributed by atoms with van der Waals surface area (Å²) in [6.07, 6.45) is 6.50. The lowest BCUT2D eigenvalue weighted by Crippen LogP contribution is -2.14. The number of hydrogen-bond acceptors (Lipinski definition) is 2. The van der Waals surface area contributed by atoms with Gasteiger partial charge in [0.25, 0.3) is 0 Å². The number of carbonyl (C=O) groups is 1. The standard InChI is InChI=1S/C17H28N2O/c1-4-5-6-7-8-12-17(20)19-16-11-9-10-15(13-16)14(2)18-3/h9-11,13-14,18H,4-8,12H2,1-3H3,(H,19,20). The summed E-state index contributed by atoms with van der Waals surface area (Å²) in [5, 5.41) is 6.19. The highest BCUT2D eigenvalue weighted by Gasteiger charge is 2.05. The van der Waals surface area contributed by atoms with Gasteiger partial charge in [-0.05, 0) is 38.1 Å². The summed E-state index contributed by atoms with van der Waals surface area (Å²) in [4.78, 5) is 11.9. The summed E-state index contributed by atoms with van der Waals surface area (Å²) in [7, 11) is 1.94. The van der Waals surface area contributed by atoms with E-state index in [1.165, 1.54) is 24.8 Å². The smallest absolute Gasteiger partial charge is 0.224 e. The Morgan fingerprint density at radius 3 is 2.65 bits per heavy atom. The molecule has 1 rings (SSSR count). The van der Waals surface area contributed by atoms with Crippen LogP contribution in [0.15, 0.2) is 24.3 Å². The maximum absolute atomic E-state index is 11.9. The predicted octanol–water partition coefficient (Wildman–Crippen LogP) is 4.27. The van der Waals surface area contributed by atoms with Gasteiger partial charge in [0.05, 0.1) is 0 Å². The molecule has 112 valence electrons. The first kappa shape index (κ1) is 16.7. The van der Waals surface area contributed by atoms with E-state index in [1.54, 1.807) is 0 Å². The molecule has 3 nitrogen and oxygen atoms in total. The van der Waals surface area contributed by atoms with Crippen LogP contribution in [0.1, 0.15) is 64.0 Å². The quantitative estimate of drug-likeness (QED) is 0.661. The average Bonchev–Trinajstić information content (AvgIpc) is 2.46. The number of amides is 1. The fourth-order valence-electron chi connectivity index (χ4n) is 2.17. The first-order chi connectivity index (χ1) is 9.67. The van der Waals surface area contributed by atoms with Crippen molar-refractivity contribution in [1.82, 2.24) is 5.32 Å². The largest absolute Gasteiger partial charge is 0.326 e. The highest BCUT2D eigenvalue weighted by molar-refractivity contribution is 5.90. The third-order valence-corrected chi connectivity index (χ3v) is 3.61. The van der Waals surface area contributed by atoms with E-state index in [9.17, 15) is 4.79 Å².